The predicted octanol–water partition coefficient (Wildman–Crippen LogP) is 4.48. The lowest BCUT2D eigenvalue weighted by molar-refractivity contribution is -0.116. The SMILES string of the molecule is CCNC(=NCC(CC)c1ccccc1)NCC1CC(=O)Nc2ccccc21.I. The van der Waals surface area contributed by atoms with E-state index in [0.29, 0.717) is 18.9 Å². The van der Waals surface area contributed by atoms with Gasteiger partial charge in [0.15, 0.2) is 5.96 Å². The van der Waals surface area contributed by atoms with Crippen LogP contribution in [-0.4, -0.2) is 31.5 Å². The number of rotatable bonds is 7. The highest BCUT2D eigenvalue weighted by Gasteiger charge is 2.24. The third kappa shape index (κ3) is 6.45. The molecule has 0 aliphatic carbocycles. The zero-order valence-electron chi connectivity index (χ0n) is 17.2. The first-order valence-corrected chi connectivity index (χ1v) is 10.2. The molecule has 6 heteroatoms. The number of nitrogens with one attached hydrogen (secondary N) is 3. The molecule has 1 amide bonds. The largest absolute Gasteiger partial charge is 0.357 e. The second-order valence-corrected chi connectivity index (χ2v) is 7.15. The van der Waals surface area contributed by atoms with Crippen molar-refractivity contribution < 1.29 is 4.79 Å². The number of hydrogen-bond donors (Lipinski definition) is 3. The molecule has 0 aromatic heterocycles. The maximum absolute atomic E-state index is 12.0. The van der Waals surface area contributed by atoms with Gasteiger partial charge in [0.25, 0.3) is 0 Å². The van der Waals surface area contributed by atoms with Crippen LogP contribution in [0.1, 0.15) is 49.7 Å². The number of benzene rings is 2. The summed E-state index contributed by atoms with van der Waals surface area (Å²) in [5.74, 6) is 1.42. The normalized spacial score (nSPS) is 16.8. The van der Waals surface area contributed by atoms with E-state index in [-0.39, 0.29) is 35.8 Å². The number of halogens is 1. The summed E-state index contributed by atoms with van der Waals surface area (Å²) >= 11 is 0. The minimum atomic E-state index is 0. The Morgan fingerprint density at radius 3 is 2.55 bits per heavy atom. The average Bonchev–Trinajstić information content (AvgIpc) is 2.72. The fourth-order valence-electron chi connectivity index (χ4n) is 3.64. The van der Waals surface area contributed by atoms with Gasteiger partial charge >= 0.3 is 0 Å². The lowest BCUT2D eigenvalue weighted by atomic mass is 9.90. The molecule has 1 heterocycles. The summed E-state index contributed by atoms with van der Waals surface area (Å²) in [6.07, 6.45) is 1.54. The fourth-order valence-corrected chi connectivity index (χ4v) is 3.64. The summed E-state index contributed by atoms with van der Waals surface area (Å²) in [6, 6.07) is 18.6. The van der Waals surface area contributed by atoms with Gasteiger partial charge in [-0.25, -0.2) is 0 Å². The molecule has 0 radical (unpaired) electrons. The van der Waals surface area contributed by atoms with Crippen LogP contribution in [0.25, 0.3) is 0 Å². The van der Waals surface area contributed by atoms with Gasteiger partial charge < -0.3 is 16.0 Å². The van der Waals surface area contributed by atoms with Gasteiger partial charge in [0, 0.05) is 43.6 Å². The van der Waals surface area contributed by atoms with Crippen molar-refractivity contribution in [2.75, 3.05) is 25.0 Å². The number of anilines is 1. The highest BCUT2D eigenvalue weighted by atomic mass is 127. The highest BCUT2D eigenvalue weighted by molar-refractivity contribution is 14.0. The van der Waals surface area contributed by atoms with Crippen LogP contribution in [0.2, 0.25) is 0 Å². The Labute approximate surface area is 190 Å². The number of amides is 1. The number of hydrogen-bond acceptors (Lipinski definition) is 2. The molecule has 2 unspecified atom stereocenters. The van der Waals surface area contributed by atoms with Crippen molar-refractivity contribution in [1.29, 1.82) is 0 Å². The molecule has 0 bridgehead atoms. The number of para-hydroxylation sites is 1. The fraction of sp³-hybridized carbons (Fsp3) is 0.391. The Balaban J connectivity index is 0.00000300. The lowest BCUT2D eigenvalue weighted by Gasteiger charge is -2.26. The molecule has 156 valence electrons. The number of aliphatic imine (C=N–C) groups is 1. The second kappa shape index (κ2) is 11.8. The molecule has 1 aliphatic rings. The molecular formula is C23H31IN4O. The standard InChI is InChI=1S/C23H30N4O.HI/c1-3-17(18-10-6-5-7-11-18)15-25-23(24-4-2)26-16-19-14-22(28)27-21-13-9-8-12-20(19)21;/h5-13,17,19H,3-4,14-16H2,1-2H3,(H,27,28)(H2,24,25,26);1H. The summed E-state index contributed by atoms with van der Waals surface area (Å²) in [5, 5.41) is 9.72. The van der Waals surface area contributed by atoms with Gasteiger partial charge in [0.05, 0.1) is 0 Å². The molecule has 0 saturated carbocycles. The molecule has 1 aliphatic heterocycles. The number of carbonyl (C=O) groups is 1. The third-order valence-corrected chi connectivity index (χ3v) is 5.20. The summed E-state index contributed by atoms with van der Waals surface area (Å²) in [6.45, 7) is 6.48. The van der Waals surface area contributed by atoms with Crippen LogP contribution in [0.5, 0.6) is 0 Å². The first-order chi connectivity index (χ1) is 13.7. The average molecular weight is 506 g/mol. The Kier molecular flexibility index (Phi) is 9.44. The zero-order valence-corrected chi connectivity index (χ0v) is 19.5. The number of guanidine groups is 1. The molecule has 2 aromatic rings. The number of carbonyl (C=O) groups excluding carboxylic acids is 1. The smallest absolute Gasteiger partial charge is 0.225 e. The summed E-state index contributed by atoms with van der Waals surface area (Å²) in [7, 11) is 0. The molecule has 29 heavy (non-hydrogen) atoms. The van der Waals surface area contributed by atoms with E-state index in [1.165, 1.54) is 11.1 Å². The van der Waals surface area contributed by atoms with Crippen LogP contribution >= 0.6 is 24.0 Å². The van der Waals surface area contributed by atoms with Crippen LogP contribution in [0.15, 0.2) is 59.6 Å². The van der Waals surface area contributed by atoms with Crippen molar-refractivity contribution in [2.45, 2.75) is 38.5 Å². The Morgan fingerprint density at radius 1 is 1.10 bits per heavy atom. The van der Waals surface area contributed by atoms with E-state index in [1.807, 2.05) is 24.3 Å². The number of nitrogens with zero attached hydrogens (tertiary/aromatic N) is 1. The highest BCUT2D eigenvalue weighted by Crippen LogP contribution is 2.31. The van der Waals surface area contributed by atoms with E-state index >= 15 is 0 Å². The Hall–Kier alpha value is -2.09. The maximum Gasteiger partial charge on any atom is 0.225 e. The van der Waals surface area contributed by atoms with E-state index in [1.54, 1.807) is 0 Å². The van der Waals surface area contributed by atoms with E-state index in [0.717, 1.165) is 31.2 Å². The Bertz CT molecular complexity index is 810. The van der Waals surface area contributed by atoms with E-state index in [4.69, 9.17) is 4.99 Å². The minimum absolute atomic E-state index is 0. The summed E-state index contributed by atoms with van der Waals surface area (Å²) in [5.41, 5.74) is 3.42. The molecule has 0 saturated heterocycles. The van der Waals surface area contributed by atoms with Crippen LogP contribution in [0, 0.1) is 0 Å². The van der Waals surface area contributed by atoms with Crippen molar-refractivity contribution in [2.24, 2.45) is 4.99 Å². The maximum atomic E-state index is 12.0. The van der Waals surface area contributed by atoms with Gasteiger partial charge in [0.1, 0.15) is 0 Å². The zero-order chi connectivity index (χ0) is 19.8. The van der Waals surface area contributed by atoms with Crippen molar-refractivity contribution in [1.82, 2.24) is 10.6 Å². The minimum Gasteiger partial charge on any atom is -0.357 e. The van der Waals surface area contributed by atoms with Gasteiger partial charge in [-0.3, -0.25) is 9.79 Å². The Morgan fingerprint density at radius 2 is 1.83 bits per heavy atom. The second-order valence-electron chi connectivity index (χ2n) is 7.15. The van der Waals surface area contributed by atoms with Gasteiger partial charge in [-0.1, -0.05) is 55.5 Å². The molecule has 0 fully saturated rings. The molecule has 0 spiro atoms. The van der Waals surface area contributed by atoms with Crippen molar-refractivity contribution in [3.05, 3.63) is 65.7 Å². The molecule has 3 rings (SSSR count). The molecule has 3 N–H and O–H groups in total. The van der Waals surface area contributed by atoms with Gasteiger partial charge in [-0.15, -0.1) is 24.0 Å². The van der Waals surface area contributed by atoms with Crippen LogP contribution < -0.4 is 16.0 Å². The predicted molar refractivity (Wildman–Crippen MR) is 131 cm³/mol. The van der Waals surface area contributed by atoms with Crippen molar-refractivity contribution in [3.8, 4) is 0 Å². The quantitative estimate of drug-likeness (QED) is 0.295. The monoisotopic (exact) mass is 506 g/mol. The van der Waals surface area contributed by atoms with Gasteiger partial charge in [-0.2, -0.15) is 0 Å². The molecular weight excluding hydrogens is 475 g/mol. The van der Waals surface area contributed by atoms with Crippen LogP contribution in [0.3, 0.4) is 0 Å². The topological polar surface area (TPSA) is 65.5 Å². The molecule has 2 aromatic carbocycles. The van der Waals surface area contributed by atoms with E-state index in [2.05, 4.69) is 60.1 Å². The molecule has 2 atom stereocenters. The van der Waals surface area contributed by atoms with Crippen LogP contribution in [-0.2, 0) is 4.79 Å². The van der Waals surface area contributed by atoms with Crippen molar-refractivity contribution >= 4 is 41.5 Å². The van der Waals surface area contributed by atoms with E-state index in [9.17, 15) is 4.79 Å². The number of fused-ring (bicyclic) bond motifs is 1. The first kappa shape index (κ1) is 23.2. The van der Waals surface area contributed by atoms with Gasteiger partial charge in [0.2, 0.25) is 5.91 Å². The van der Waals surface area contributed by atoms with Crippen LogP contribution in [0.4, 0.5) is 5.69 Å². The van der Waals surface area contributed by atoms with Gasteiger partial charge in [-0.05, 0) is 30.5 Å². The summed E-state index contributed by atoms with van der Waals surface area (Å²) in [4.78, 5) is 16.8. The summed E-state index contributed by atoms with van der Waals surface area (Å²) < 4.78 is 0. The van der Waals surface area contributed by atoms with Crippen molar-refractivity contribution in [3.63, 3.8) is 0 Å². The molecule has 5 nitrogen and oxygen atoms in total. The third-order valence-electron chi connectivity index (χ3n) is 5.20. The first-order valence-electron chi connectivity index (χ1n) is 10.2. The lowest BCUT2D eigenvalue weighted by Crippen LogP contribution is -2.41. The van der Waals surface area contributed by atoms with E-state index < -0.39 is 0 Å².